The van der Waals surface area contributed by atoms with E-state index in [2.05, 4.69) is 44.3 Å². The van der Waals surface area contributed by atoms with Crippen molar-refractivity contribution in [2.24, 2.45) is 0 Å². The van der Waals surface area contributed by atoms with Crippen LogP contribution in [-0.4, -0.2) is 53.0 Å². The Hall–Kier alpha value is -4.18. The number of hydrogen-bond acceptors (Lipinski definition) is 5. The first-order valence-electron chi connectivity index (χ1n) is 15.7. The van der Waals surface area contributed by atoms with E-state index in [9.17, 15) is 13.2 Å². The Morgan fingerprint density at radius 2 is 1.53 bits per heavy atom. The van der Waals surface area contributed by atoms with Crippen molar-refractivity contribution in [3.05, 3.63) is 148 Å². The average Bonchev–Trinajstić information content (AvgIpc) is 3.62. The van der Waals surface area contributed by atoms with Gasteiger partial charge in [0.1, 0.15) is 17.9 Å². The fourth-order valence-corrected chi connectivity index (χ4v) is 5.97. The highest BCUT2D eigenvalue weighted by atomic mass is 35.5. The molecule has 0 spiro atoms. The van der Waals surface area contributed by atoms with E-state index in [0.29, 0.717) is 56.5 Å². The molecule has 0 saturated heterocycles. The van der Waals surface area contributed by atoms with Gasteiger partial charge in [0, 0.05) is 32.2 Å². The van der Waals surface area contributed by atoms with E-state index in [1.54, 1.807) is 6.07 Å². The van der Waals surface area contributed by atoms with Gasteiger partial charge in [0.25, 0.3) is 0 Å². The zero-order valence-corrected chi connectivity index (χ0v) is 26.9. The lowest BCUT2D eigenvalue weighted by molar-refractivity contribution is -0.137. The number of halogens is 4. The topological polar surface area (TPSA) is 63.3 Å². The lowest BCUT2D eigenvalue weighted by Crippen LogP contribution is -2.31. The molecule has 5 aromatic rings. The number of aromatic nitrogens is 3. The maximum absolute atomic E-state index is 13.7. The molecule has 5 rings (SSSR count). The zero-order chi connectivity index (χ0) is 33.1. The Bertz CT molecular complexity index is 1610. The molecule has 0 aliphatic rings. The molecule has 0 saturated carbocycles. The molecule has 0 radical (unpaired) electrons. The van der Waals surface area contributed by atoms with Crippen molar-refractivity contribution < 1.29 is 22.6 Å². The number of nitrogens with zero attached hydrogens (tertiary/aromatic N) is 3. The highest BCUT2D eigenvalue weighted by Crippen LogP contribution is 2.37. The molecule has 0 amide bonds. The summed E-state index contributed by atoms with van der Waals surface area (Å²) in [4.78, 5) is 6.49. The Balaban J connectivity index is 1.33. The van der Waals surface area contributed by atoms with Crippen molar-refractivity contribution in [1.29, 1.82) is 0 Å². The molecule has 6 nitrogen and oxygen atoms in total. The van der Waals surface area contributed by atoms with Gasteiger partial charge in [-0.3, -0.25) is 10.00 Å². The van der Waals surface area contributed by atoms with Crippen LogP contribution in [0.1, 0.15) is 58.8 Å². The minimum Gasteiger partial charge on any atom is -0.494 e. The van der Waals surface area contributed by atoms with Gasteiger partial charge >= 0.3 is 6.18 Å². The van der Waals surface area contributed by atoms with Gasteiger partial charge in [-0.15, -0.1) is 0 Å². The minimum absolute atomic E-state index is 0.00191. The van der Waals surface area contributed by atoms with Crippen molar-refractivity contribution in [3.63, 3.8) is 0 Å². The molecule has 0 aliphatic heterocycles. The fraction of sp³-hybridized carbons (Fsp3) is 0.297. The van der Waals surface area contributed by atoms with Crippen LogP contribution in [0.25, 0.3) is 0 Å². The summed E-state index contributed by atoms with van der Waals surface area (Å²) < 4.78 is 53.1. The first-order chi connectivity index (χ1) is 22.8. The van der Waals surface area contributed by atoms with Crippen LogP contribution in [-0.2, 0) is 17.5 Å². The first kappa shape index (κ1) is 34.2. The van der Waals surface area contributed by atoms with E-state index in [1.807, 2.05) is 67.6 Å². The Morgan fingerprint density at radius 3 is 2.17 bits per heavy atom. The molecule has 1 unspecified atom stereocenters. The molecule has 0 fully saturated rings. The Kier molecular flexibility index (Phi) is 12.1. The lowest BCUT2D eigenvalue weighted by atomic mass is 9.90. The second-order valence-electron chi connectivity index (χ2n) is 11.2. The number of rotatable bonds is 16. The van der Waals surface area contributed by atoms with Crippen molar-refractivity contribution in [1.82, 2.24) is 20.1 Å². The van der Waals surface area contributed by atoms with Crippen molar-refractivity contribution in [2.75, 3.05) is 32.9 Å². The molecular weight excluding hydrogens is 625 g/mol. The van der Waals surface area contributed by atoms with Crippen LogP contribution in [0.2, 0.25) is 5.02 Å². The first-order valence-corrected chi connectivity index (χ1v) is 16.0. The number of aromatic amines is 1. The summed E-state index contributed by atoms with van der Waals surface area (Å²) in [5.74, 6) is 1.30. The normalized spacial score (nSPS) is 12.5. The zero-order valence-electron chi connectivity index (χ0n) is 26.2. The lowest BCUT2D eigenvalue weighted by Gasteiger charge is -2.29. The molecule has 1 aromatic heterocycles. The summed E-state index contributed by atoms with van der Waals surface area (Å²) in [6, 6.07) is 32.2. The van der Waals surface area contributed by atoms with Gasteiger partial charge in [0.2, 0.25) is 0 Å². The molecule has 1 N–H and O–H groups in total. The molecular formula is C37H38ClF3N4O2. The summed E-state index contributed by atoms with van der Waals surface area (Å²) >= 11 is 6.37. The molecule has 0 bridgehead atoms. The smallest absolute Gasteiger partial charge is 0.417 e. The Labute approximate surface area is 278 Å². The van der Waals surface area contributed by atoms with Crippen LogP contribution >= 0.6 is 11.6 Å². The second kappa shape index (κ2) is 16.6. The quantitative estimate of drug-likeness (QED) is 0.107. The molecule has 4 aromatic carbocycles. The van der Waals surface area contributed by atoms with Gasteiger partial charge in [0.05, 0.1) is 29.7 Å². The predicted molar refractivity (Wildman–Crippen MR) is 178 cm³/mol. The number of nitrogens with one attached hydrogen (secondary N) is 1. The van der Waals surface area contributed by atoms with Crippen LogP contribution in [0.5, 0.6) is 5.75 Å². The molecule has 246 valence electrons. The summed E-state index contributed by atoms with van der Waals surface area (Å²) in [5, 5.41) is 6.68. The van der Waals surface area contributed by atoms with Crippen LogP contribution in [0.3, 0.4) is 0 Å². The SMILES string of the molecule is CCOCC(c1cccc(OCCCN(Cc2cccc(C(F)(F)F)c2Cl)CC(c2ccccc2)c2ccccc2)c1)c1ncn[nH]1. The Morgan fingerprint density at radius 1 is 0.851 bits per heavy atom. The summed E-state index contributed by atoms with van der Waals surface area (Å²) in [7, 11) is 0. The van der Waals surface area contributed by atoms with Crippen LogP contribution in [0, 0.1) is 0 Å². The summed E-state index contributed by atoms with van der Waals surface area (Å²) in [6.07, 6.45) is -2.42. The van der Waals surface area contributed by atoms with Crippen LogP contribution in [0.15, 0.2) is 109 Å². The van der Waals surface area contributed by atoms with Gasteiger partial charge in [-0.1, -0.05) is 96.5 Å². The third-order valence-corrected chi connectivity index (χ3v) is 8.47. The van der Waals surface area contributed by atoms with E-state index < -0.39 is 11.7 Å². The third kappa shape index (κ3) is 9.44. The van der Waals surface area contributed by atoms with Gasteiger partial charge in [0.15, 0.2) is 0 Å². The van der Waals surface area contributed by atoms with Crippen molar-refractivity contribution >= 4 is 11.6 Å². The molecule has 1 atom stereocenters. The molecule has 47 heavy (non-hydrogen) atoms. The maximum atomic E-state index is 13.7. The number of alkyl halides is 3. The van der Waals surface area contributed by atoms with Crippen molar-refractivity contribution in [3.8, 4) is 5.75 Å². The number of ether oxygens (including phenoxy) is 2. The highest BCUT2D eigenvalue weighted by Gasteiger charge is 2.34. The minimum atomic E-state index is -4.54. The van der Waals surface area contributed by atoms with E-state index in [0.717, 1.165) is 22.8 Å². The van der Waals surface area contributed by atoms with E-state index in [-0.39, 0.29) is 23.4 Å². The summed E-state index contributed by atoms with van der Waals surface area (Å²) in [5.41, 5.74) is 2.85. The predicted octanol–water partition coefficient (Wildman–Crippen LogP) is 8.75. The number of hydrogen-bond donors (Lipinski definition) is 1. The van der Waals surface area contributed by atoms with Gasteiger partial charge in [-0.05, 0) is 53.8 Å². The molecule has 0 aliphatic carbocycles. The maximum Gasteiger partial charge on any atom is 0.417 e. The van der Waals surface area contributed by atoms with Gasteiger partial charge < -0.3 is 9.47 Å². The van der Waals surface area contributed by atoms with Crippen LogP contribution in [0.4, 0.5) is 13.2 Å². The monoisotopic (exact) mass is 662 g/mol. The number of benzene rings is 4. The van der Waals surface area contributed by atoms with Gasteiger partial charge in [-0.25, -0.2) is 4.98 Å². The number of H-pyrrole nitrogens is 1. The van der Waals surface area contributed by atoms with E-state index in [1.165, 1.54) is 12.4 Å². The molecule has 10 heteroatoms. The highest BCUT2D eigenvalue weighted by molar-refractivity contribution is 6.32. The third-order valence-electron chi connectivity index (χ3n) is 8.02. The van der Waals surface area contributed by atoms with Crippen LogP contribution < -0.4 is 4.74 Å². The summed E-state index contributed by atoms with van der Waals surface area (Å²) in [6.45, 7) is 4.80. The largest absolute Gasteiger partial charge is 0.494 e. The van der Waals surface area contributed by atoms with E-state index in [4.69, 9.17) is 21.1 Å². The fourth-order valence-electron chi connectivity index (χ4n) is 5.68. The molecule has 1 heterocycles. The average molecular weight is 663 g/mol. The van der Waals surface area contributed by atoms with Crippen molar-refractivity contribution in [2.45, 2.75) is 37.9 Å². The standard InChI is InChI=1S/C37H38ClF3N4O2/c1-2-46-25-33(36-42-26-43-44-36)29-16-9-18-31(22-29)47-21-11-20-45(23-30-17-10-19-34(35(30)38)37(39,40)41)24-32(27-12-5-3-6-13-27)28-14-7-4-8-15-28/h3-10,12-19,22,26,32-33H,2,11,20-21,23-25H2,1H3,(H,42,43,44). The van der Waals surface area contributed by atoms with E-state index >= 15 is 0 Å². The second-order valence-corrected chi connectivity index (χ2v) is 11.6. The van der Waals surface area contributed by atoms with Gasteiger partial charge in [-0.2, -0.15) is 18.3 Å².